The zero-order chi connectivity index (χ0) is 29.4. The van der Waals surface area contributed by atoms with Crippen molar-refractivity contribution < 1.29 is 22.4 Å². The Hall–Kier alpha value is -2.85. The van der Waals surface area contributed by atoms with Crippen molar-refractivity contribution >= 4 is 62.3 Å². The van der Waals surface area contributed by atoms with E-state index in [-0.39, 0.29) is 33.7 Å². The zero-order valence-corrected chi connectivity index (χ0v) is 25.0. The maximum atomic E-state index is 14.0. The molecule has 0 radical (unpaired) electrons. The van der Waals surface area contributed by atoms with Gasteiger partial charge in [-0.25, -0.2) is 12.8 Å². The molecule has 1 unspecified atom stereocenters. The van der Waals surface area contributed by atoms with E-state index in [2.05, 4.69) is 5.32 Å². The van der Waals surface area contributed by atoms with Crippen molar-refractivity contribution in [1.29, 1.82) is 0 Å². The molecule has 0 saturated carbocycles. The number of halogens is 4. The number of rotatable bonds is 12. The summed E-state index contributed by atoms with van der Waals surface area (Å²) in [5.74, 6) is -1.86. The van der Waals surface area contributed by atoms with E-state index < -0.39 is 40.2 Å². The van der Waals surface area contributed by atoms with E-state index in [0.29, 0.717) is 18.5 Å². The van der Waals surface area contributed by atoms with E-state index in [9.17, 15) is 22.4 Å². The predicted molar refractivity (Wildman–Crippen MR) is 158 cm³/mol. The summed E-state index contributed by atoms with van der Waals surface area (Å²) in [5, 5.41) is 3.10. The van der Waals surface area contributed by atoms with Gasteiger partial charge in [-0.05, 0) is 42.3 Å². The third-order valence-corrected chi connectivity index (χ3v) is 8.22. The van der Waals surface area contributed by atoms with Crippen LogP contribution in [0.1, 0.15) is 24.5 Å². The third kappa shape index (κ3) is 8.33. The molecule has 0 spiro atoms. The Morgan fingerprint density at radius 1 is 0.950 bits per heavy atom. The van der Waals surface area contributed by atoms with E-state index in [1.165, 1.54) is 11.0 Å². The third-order valence-electron chi connectivity index (χ3n) is 6.08. The molecule has 0 aliphatic rings. The molecule has 0 aliphatic carbocycles. The maximum absolute atomic E-state index is 14.0. The summed E-state index contributed by atoms with van der Waals surface area (Å²) in [6, 6.07) is 16.3. The number of amides is 2. The topological polar surface area (TPSA) is 86.8 Å². The first kappa shape index (κ1) is 31.7. The molecule has 2 amide bonds. The molecule has 3 aromatic rings. The normalized spacial score (nSPS) is 12.1. The Labute approximate surface area is 248 Å². The van der Waals surface area contributed by atoms with Crippen molar-refractivity contribution in [2.24, 2.45) is 0 Å². The van der Waals surface area contributed by atoms with Gasteiger partial charge in [0.2, 0.25) is 21.8 Å². The Morgan fingerprint density at radius 3 is 2.17 bits per heavy atom. The first-order chi connectivity index (χ1) is 18.9. The quantitative estimate of drug-likeness (QED) is 0.278. The number of carbonyl (C=O) groups is 2. The van der Waals surface area contributed by atoms with Crippen LogP contribution in [0.3, 0.4) is 0 Å². The lowest BCUT2D eigenvalue weighted by Gasteiger charge is -2.34. The highest BCUT2D eigenvalue weighted by atomic mass is 35.5. The minimum absolute atomic E-state index is 0.00646. The number of carbonyl (C=O) groups excluding carboxylic acids is 2. The fraction of sp³-hybridized carbons (Fsp3) is 0.286. The molecule has 1 atom stereocenters. The fourth-order valence-electron chi connectivity index (χ4n) is 4.03. The van der Waals surface area contributed by atoms with E-state index in [1.54, 1.807) is 18.2 Å². The van der Waals surface area contributed by atoms with Crippen LogP contribution in [0.4, 0.5) is 10.1 Å². The maximum Gasteiger partial charge on any atom is 0.244 e. The Morgan fingerprint density at radius 2 is 1.60 bits per heavy atom. The summed E-state index contributed by atoms with van der Waals surface area (Å²) >= 11 is 18.8. The van der Waals surface area contributed by atoms with E-state index in [0.717, 1.165) is 28.3 Å². The minimum atomic E-state index is -4.03. The zero-order valence-electron chi connectivity index (χ0n) is 21.9. The number of nitrogens with zero attached hydrogens (tertiary/aromatic N) is 2. The van der Waals surface area contributed by atoms with Crippen molar-refractivity contribution in [1.82, 2.24) is 10.2 Å². The second-order valence-corrected chi connectivity index (χ2v) is 12.2. The van der Waals surface area contributed by atoms with Gasteiger partial charge in [0.05, 0.1) is 17.0 Å². The van der Waals surface area contributed by atoms with Gasteiger partial charge in [0.1, 0.15) is 18.4 Å². The molecule has 7 nitrogen and oxygen atoms in total. The molecule has 1 N–H and O–H groups in total. The lowest BCUT2D eigenvalue weighted by molar-refractivity contribution is -0.140. The second-order valence-electron chi connectivity index (χ2n) is 9.09. The van der Waals surface area contributed by atoms with E-state index >= 15 is 0 Å². The number of anilines is 1. The Bertz CT molecular complexity index is 1440. The lowest BCUT2D eigenvalue weighted by atomic mass is 10.0. The average molecular weight is 629 g/mol. The number of sulfonamides is 1. The summed E-state index contributed by atoms with van der Waals surface area (Å²) in [7, 11) is -4.03. The molecule has 3 rings (SSSR count). The number of hydrogen-bond acceptors (Lipinski definition) is 4. The lowest BCUT2D eigenvalue weighted by Crippen LogP contribution is -2.53. The highest BCUT2D eigenvalue weighted by Gasteiger charge is 2.33. The average Bonchev–Trinajstić information content (AvgIpc) is 2.90. The minimum Gasteiger partial charge on any atom is -0.354 e. The summed E-state index contributed by atoms with van der Waals surface area (Å²) < 4.78 is 40.2. The summed E-state index contributed by atoms with van der Waals surface area (Å²) in [4.78, 5) is 28.8. The van der Waals surface area contributed by atoms with Gasteiger partial charge in [0.15, 0.2) is 0 Å². The van der Waals surface area contributed by atoms with Crippen LogP contribution in [-0.4, -0.2) is 50.5 Å². The molecule has 3 aromatic carbocycles. The van der Waals surface area contributed by atoms with Crippen molar-refractivity contribution in [3.05, 3.63) is 98.7 Å². The largest absolute Gasteiger partial charge is 0.354 e. The molecular weight excluding hydrogens is 600 g/mol. The predicted octanol–water partition coefficient (Wildman–Crippen LogP) is 5.72. The number of benzene rings is 3. The highest BCUT2D eigenvalue weighted by molar-refractivity contribution is 7.92. The highest BCUT2D eigenvalue weighted by Crippen LogP contribution is 2.29. The van der Waals surface area contributed by atoms with Gasteiger partial charge in [-0.15, -0.1) is 0 Å². The smallest absolute Gasteiger partial charge is 0.244 e. The van der Waals surface area contributed by atoms with E-state index in [4.69, 9.17) is 34.8 Å². The van der Waals surface area contributed by atoms with Crippen molar-refractivity contribution in [2.75, 3.05) is 23.7 Å². The molecule has 214 valence electrons. The molecule has 0 aromatic heterocycles. The first-order valence-corrected chi connectivity index (χ1v) is 15.4. The molecule has 0 heterocycles. The van der Waals surface area contributed by atoms with Crippen LogP contribution in [-0.2, 0) is 32.6 Å². The Balaban J connectivity index is 2.10. The van der Waals surface area contributed by atoms with Crippen LogP contribution in [0.5, 0.6) is 0 Å². The van der Waals surface area contributed by atoms with Gasteiger partial charge < -0.3 is 10.2 Å². The van der Waals surface area contributed by atoms with Crippen molar-refractivity contribution in [3.63, 3.8) is 0 Å². The van der Waals surface area contributed by atoms with Crippen LogP contribution in [0.25, 0.3) is 0 Å². The van der Waals surface area contributed by atoms with Crippen molar-refractivity contribution in [2.45, 2.75) is 32.4 Å². The second kappa shape index (κ2) is 14.2. The standard InChI is InChI=1S/C28H29Cl3FN3O4S/c1-3-14-33-28(37)26(15-19-8-5-4-6-9-19)34(17-21-22(29)10-7-11-23(21)30)27(36)18-35(40(2,38)39)20-12-13-25(32)24(31)16-20/h4-13,16,26H,3,14-15,17-18H2,1-2H3,(H,33,37). The first-order valence-electron chi connectivity index (χ1n) is 12.4. The number of nitrogens with one attached hydrogen (secondary N) is 1. The van der Waals surface area contributed by atoms with Crippen LogP contribution in [0.2, 0.25) is 15.1 Å². The molecule has 0 saturated heterocycles. The Kier molecular flexibility index (Phi) is 11.2. The van der Waals surface area contributed by atoms with Crippen LogP contribution in [0.15, 0.2) is 66.7 Å². The molecule has 40 heavy (non-hydrogen) atoms. The van der Waals surface area contributed by atoms with Gasteiger partial charge in [-0.2, -0.15) is 0 Å². The van der Waals surface area contributed by atoms with Crippen molar-refractivity contribution in [3.8, 4) is 0 Å². The van der Waals surface area contributed by atoms with Gasteiger partial charge in [-0.1, -0.05) is 78.1 Å². The van der Waals surface area contributed by atoms with Gasteiger partial charge in [0, 0.05) is 35.1 Å². The van der Waals surface area contributed by atoms with Crippen LogP contribution in [0, 0.1) is 5.82 Å². The van der Waals surface area contributed by atoms with Crippen LogP contribution >= 0.6 is 34.8 Å². The van der Waals surface area contributed by atoms with Gasteiger partial charge in [0.25, 0.3) is 0 Å². The molecule has 12 heteroatoms. The van der Waals surface area contributed by atoms with Gasteiger partial charge in [-0.3, -0.25) is 13.9 Å². The molecule has 0 fully saturated rings. The summed E-state index contributed by atoms with van der Waals surface area (Å²) in [6.07, 6.45) is 1.73. The van der Waals surface area contributed by atoms with E-state index in [1.807, 2.05) is 37.3 Å². The number of hydrogen-bond donors (Lipinski definition) is 1. The summed E-state index contributed by atoms with van der Waals surface area (Å²) in [5.41, 5.74) is 1.18. The fourth-order valence-corrected chi connectivity index (χ4v) is 5.56. The summed E-state index contributed by atoms with van der Waals surface area (Å²) in [6.45, 7) is 1.42. The molecule has 0 aliphatic heterocycles. The molecule has 0 bridgehead atoms. The van der Waals surface area contributed by atoms with Crippen LogP contribution < -0.4 is 9.62 Å². The van der Waals surface area contributed by atoms with Gasteiger partial charge >= 0.3 is 0 Å². The molecular formula is C28H29Cl3FN3O4S. The monoisotopic (exact) mass is 627 g/mol. The SMILES string of the molecule is CCCNC(=O)C(Cc1ccccc1)N(Cc1c(Cl)cccc1Cl)C(=O)CN(c1ccc(F)c(Cl)c1)S(C)(=O)=O.